The molecular formula is C25H31N3O2. The Morgan fingerprint density at radius 3 is 2.70 bits per heavy atom. The van der Waals surface area contributed by atoms with Crippen molar-refractivity contribution in [2.45, 2.75) is 58.9 Å². The van der Waals surface area contributed by atoms with Gasteiger partial charge in [0.25, 0.3) is 0 Å². The van der Waals surface area contributed by atoms with Gasteiger partial charge in [0, 0.05) is 31.5 Å². The SMILES string of the molecule is Cc1cc(C)cc(C2=NN(C(=O)CCCNc3ccc4c(c3)CCO4)C(C)(C)C2)c1. The number of hydrogen-bond donors (Lipinski definition) is 1. The summed E-state index contributed by atoms with van der Waals surface area (Å²) in [4.78, 5) is 12.9. The summed E-state index contributed by atoms with van der Waals surface area (Å²) in [7, 11) is 0. The van der Waals surface area contributed by atoms with E-state index >= 15 is 0 Å². The number of nitrogens with one attached hydrogen (secondary N) is 1. The zero-order chi connectivity index (χ0) is 21.3. The Morgan fingerprint density at radius 2 is 1.93 bits per heavy atom. The number of fused-ring (bicyclic) bond motifs is 1. The first-order chi connectivity index (χ1) is 14.3. The molecule has 0 bridgehead atoms. The van der Waals surface area contributed by atoms with Crippen molar-refractivity contribution in [2.75, 3.05) is 18.5 Å². The van der Waals surface area contributed by atoms with Crippen LogP contribution in [0.3, 0.4) is 0 Å². The van der Waals surface area contributed by atoms with Crippen LogP contribution in [0, 0.1) is 13.8 Å². The lowest BCUT2D eigenvalue weighted by atomic mass is 9.93. The third-order valence-electron chi connectivity index (χ3n) is 5.77. The Balaban J connectivity index is 1.34. The molecule has 0 saturated carbocycles. The number of carbonyl (C=O) groups is 1. The normalized spacial score (nSPS) is 16.8. The van der Waals surface area contributed by atoms with Gasteiger partial charge in [0.05, 0.1) is 17.9 Å². The highest BCUT2D eigenvalue weighted by Crippen LogP contribution is 2.31. The molecule has 5 heteroatoms. The largest absolute Gasteiger partial charge is 0.493 e. The lowest BCUT2D eigenvalue weighted by Gasteiger charge is -2.28. The van der Waals surface area contributed by atoms with Gasteiger partial charge in [-0.2, -0.15) is 5.10 Å². The van der Waals surface area contributed by atoms with Gasteiger partial charge in [0.15, 0.2) is 0 Å². The summed E-state index contributed by atoms with van der Waals surface area (Å²) in [5.41, 5.74) is 6.61. The van der Waals surface area contributed by atoms with Crippen LogP contribution in [0.25, 0.3) is 0 Å². The minimum atomic E-state index is -0.294. The molecule has 0 atom stereocenters. The van der Waals surface area contributed by atoms with E-state index < -0.39 is 0 Å². The summed E-state index contributed by atoms with van der Waals surface area (Å²) >= 11 is 0. The first-order valence-electron chi connectivity index (χ1n) is 10.8. The van der Waals surface area contributed by atoms with Crippen LogP contribution >= 0.6 is 0 Å². The predicted molar refractivity (Wildman–Crippen MR) is 121 cm³/mol. The topological polar surface area (TPSA) is 53.9 Å². The van der Waals surface area contributed by atoms with E-state index in [-0.39, 0.29) is 11.4 Å². The van der Waals surface area contributed by atoms with Gasteiger partial charge in [-0.05, 0) is 63.4 Å². The third kappa shape index (κ3) is 4.35. The van der Waals surface area contributed by atoms with Gasteiger partial charge in [0.2, 0.25) is 5.91 Å². The molecule has 2 aliphatic rings. The second-order valence-corrected chi connectivity index (χ2v) is 9.07. The maximum atomic E-state index is 12.9. The van der Waals surface area contributed by atoms with Crippen LogP contribution in [0.1, 0.15) is 55.4 Å². The van der Waals surface area contributed by atoms with E-state index in [1.807, 2.05) is 12.1 Å². The summed E-state index contributed by atoms with van der Waals surface area (Å²) in [6, 6.07) is 12.7. The lowest BCUT2D eigenvalue weighted by molar-refractivity contribution is -0.135. The number of carbonyl (C=O) groups excluding carboxylic acids is 1. The molecule has 2 aromatic carbocycles. The molecule has 2 aliphatic heterocycles. The van der Waals surface area contributed by atoms with Crippen LogP contribution in [0.2, 0.25) is 0 Å². The van der Waals surface area contributed by atoms with E-state index in [4.69, 9.17) is 9.84 Å². The summed E-state index contributed by atoms with van der Waals surface area (Å²) in [5, 5.41) is 9.86. The van der Waals surface area contributed by atoms with Crippen molar-refractivity contribution in [3.05, 3.63) is 58.7 Å². The van der Waals surface area contributed by atoms with Gasteiger partial charge in [-0.1, -0.05) is 29.3 Å². The Kier molecular flexibility index (Phi) is 5.54. The maximum absolute atomic E-state index is 12.9. The number of benzene rings is 2. The van der Waals surface area contributed by atoms with Crippen molar-refractivity contribution in [1.29, 1.82) is 0 Å². The van der Waals surface area contributed by atoms with E-state index in [0.717, 1.165) is 55.1 Å². The predicted octanol–water partition coefficient (Wildman–Crippen LogP) is 4.85. The summed E-state index contributed by atoms with van der Waals surface area (Å²) < 4.78 is 5.55. The Bertz CT molecular complexity index is 974. The van der Waals surface area contributed by atoms with Crippen molar-refractivity contribution in [3.63, 3.8) is 0 Å². The summed E-state index contributed by atoms with van der Waals surface area (Å²) in [5.74, 6) is 1.08. The van der Waals surface area contributed by atoms with Crippen molar-refractivity contribution in [3.8, 4) is 5.75 Å². The molecule has 0 radical (unpaired) electrons. The number of aryl methyl sites for hydroxylation is 2. The molecule has 0 aliphatic carbocycles. The molecule has 2 aromatic rings. The quantitative estimate of drug-likeness (QED) is 0.699. The van der Waals surface area contributed by atoms with Gasteiger partial charge in [-0.25, -0.2) is 5.01 Å². The summed E-state index contributed by atoms with van der Waals surface area (Å²) in [6.07, 6.45) is 2.99. The van der Waals surface area contributed by atoms with Crippen molar-refractivity contribution < 1.29 is 9.53 Å². The molecular weight excluding hydrogens is 374 g/mol. The molecule has 1 amide bonds. The standard InChI is InChI=1S/C25H31N3O2/c1-17-12-18(2)14-20(13-17)22-16-25(3,4)28(27-22)24(29)6-5-10-26-21-7-8-23-19(15-21)9-11-30-23/h7-8,12-15,26H,5-6,9-11,16H2,1-4H3. The van der Waals surface area contributed by atoms with E-state index in [9.17, 15) is 4.79 Å². The van der Waals surface area contributed by atoms with E-state index in [1.165, 1.54) is 16.7 Å². The van der Waals surface area contributed by atoms with Gasteiger partial charge in [-0.15, -0.1) is 0 Å². The average molecular weight is 406 g/mol. The number of nitrogens with zero attached hydrogens (tertiary/aromatic N) is 2. The van der Waals surface area contributed by atoms with Gasteiger partial charge in [-0.3, -0.25) is 4.79 Å². The molecule has 4 rings (SSSR count). The molecule has 0 unspecified atom stereocenters. The molecule has 0 aromatic heterocycles. The lowest BCUT2D eigenvalue weighted by Crippen LogP contribution is -2.40. The van der Waals surface area contributed by atoms with Crippen LogP contribution in [0.4, 0.5) is 5.69 Å². The molecule has 0 fully saturated rings. The fourth-order valence-corrected chi connectivity index (χ4v) is 4.35. The molecule has 30 heavy (non-hydrogen) atoms. The first-order valence-corrected chi connectivity index (χ1v) is 10.8. The van der Waals surface area contributed by atoms with Crippen LogP contribution in [-0.2, 0) is 11.2 Å². The Morgan fingerprint density at radius 1 is 1.17 bits per heavy atom. The fraction of sp³-hybridized carbons (Fsp3) is 0.440. The minimum absolute atomic E-state index is 0.0866. The van der Waals surface area contributed by atoms with Crippen molar-refractivity contribution >= 4 is 17.3 Å². The highest BCUT2D eigenvalue weighted by molar-refractivity contribution is 6.03. The third-order valence-corrected chi connectivity index (χ3v) is 5.77. The molecule has 5 nitrogen and oxygen atoms in total. The molecule has 158 valence electrons. The van der Waals surface area contributed by atoms with Gasteiger partial charge in [0.1, 0.15) is 5.75 Å². The number of rotatable bonds is 6. The first kappa shape index (κ1) is 20.5. The van der Waals surface area contributed by atoms with Crippen molar-refractivity contribution in [1.82, 2.24) is 5.01 Å². The van der Waals surface area contributed by atoms with Crippen molar-refractivity contribution in [2.24, 2.45) is 5.10 Å². The summed E-state index contributed by atoms with van der Waals surface area (Å²) in [6.45, 7) is 9.91. The maximum Gasteiger partial charge on any atom is 0.243 e. The van der Waals surface area contributed by atoms with E-state index in [0.29, 0.717) is 6.42 Å². The second kappa shape index (κ2) is 8.13. The number of hydrogen-bond acceptors (Lipinski definition) is 4. The molecule has 0 saturated heterocycles. The molecule has 2 heterocycles. The van der Waals surface area contributed by atoms with Gasteiger partial charge >= 0.3 is 0 Å². The Labute approximate surface area is 179 Å². The second-order valence-electron chi connectivity index (χ2n) is 9.07. The average Bonchev–Trinajstić information content (AvgIpc) is 3.27. The van der Waals surface area contributed by atoms with Crippen LogP contribution < -0.4 is 10.1 Å². The smallest absolute Gasteiger partial charge is 0.243 e. The van der Waals surface area contributed by atoms with E-state index in [2.05, 4.69) is 57.3 Å². The minimum Gasteiger partial charge on any atom is -0.493 e. The number of anilines is 1. The zero-order valence-corrected chi connectivity index (χ0v) is 18.4. The fourth-order valence-electron chi connectivity index (χ4n) is 4.35. The van der Waals surface area contributed by atoms with E-state index in [1.54, 1.807) is 5.01 Å². The number of ether oxygens (including phenoxy) is 1. The highest BCUT2D eigenvalue weighted by Gasteiger charge is 2.38. The monoisotopic (exact) mass is 405 g/mol. The number of amides is 1. The highest BCUT2D eigenvalue weighted by atomic mass is 16.5. The zero-order valence-electron chi connectivity index (χ0n) is 18.4. The van der Waals surface area contributed by atoms with Crippen LogP contribution in [-0.4, -0.2) is 35.3 Å². The molecule has 0 spiro atoms. The number of hydrazone groups is 1. The van der Waals surface area contributed by atoms with Crippen LogP contribution in [0.5, 0.6) is 5.75 Å². The Hall–Kier alpha value is -2.82. The molecule has 1 N–H and O–H groups in total. The van der Waals surface area contributed by atoms with Gasteiger partial charge < -0.3 is 10.1 Å². The van der Waals surface area contributed by atoms with Crippen LogP contribution in [0.15, 0.2) is 41.5 Å².